The SMILES string of the molecule is CCC1CN(C)c2ccccc2CN1C(=O)Nc1ccnn1Cc1ccccn1. The molecule has 0 aliphatic carbocycles. The van der Waals surface area contributed by atoms with Crippen molar-refractivity contribution in [1.82, 2.24) is 19.7 Å². The van der Waals surface area contributed by atoms with Crippen LogP contribution in [0.25, 0.3) is 0 Å². The van der Waals surface area contributed by atoms with Crippen molar-refractivity contribution in [2.45, 2.75) is 32.5 Å². The summed E-state index contributed by atoms with van der Waals surface area (Å²) in [4.78, 5) is 21.8. The standard InChI is InChI=1S/C22H26N6O/c1-3-19-16-26(2)20-10-5-4-8-17(20)14-27(19)22(29)25-21-11-13-24-28(21)15-18-9-6-7-12-23-18/h4-13,19H,3,14-16H2,1-2H3,(H,25,29). The van der Waals surface area contributed by atoms with Crippen molar-refractivity contribution in [3.8, 4) is 0 Å². The van der Waals surface area contributed by atoms with E-state index in [1.54, 1.807) is 17.1 Å². The van der Waals surface area contributed by atoms with Gasteiger partial charge in [-0.2, -0.15) is 5.10 Å². The number of pyridine rings is 1. The number of benzene rings is 1. The molecule has 3 aromatic rings. The third kappa shape index (κ3) is 4.08. The predicted octanol–water partition coefficient (Wildman–Crippen LogP) is 3.59. The minimum Gasteiger partial charge on any atom is -0.372 e. The first-order chi connectivity index (χ1) is 14.2. The van der Waals surface area contributed by atoms with E-state index in [0.717, 1.165) is 24.2 Å². The summed E-state index contributed by atoms with van der Waals surface area (Å²) < 4.78 is 1.76. The van der Waals surface area contributed by atoms with Crippen LogP contribution >= 0.6 is 0 Å². The summed E-state index contributed by atoms with van der Waals surface area (Å²) in [7, 11) is 2.09. The van der Waals surface area contributed by atoms with Crippen LogP contribution in [-0.2, 0) is 13.1 Å². The molecule has 0 spiro atoms. The molecule has 2 aromatic heterocycles. The molecule has 7 nitrogen and oxygen atoms in total. The fraction of sp³-hybridized carbons (Fsp3) is 0.318. The minimum atomic E-state index is -0.107. The molecule has 0 saturated heterocycles. The highest BCUT2D eigenvalue weighted by Gasteiger charge is 2.29. The lowest BCUT2D eigenvalue weighted by molar-refractivity contribution is 0.185. The molecule has 0 bridgehead atoms. The molecule has 1 N–H and O–H groups in total. The highest BCUT2D eigenvalue weighted by atomic mass is 16.2. The Labute approximate surface area is 171 Å². The number of hydrogen-bond donors (Lipinski definition) is 1. The van der Waals surface area contributed by atoms with Crippen molar-refractivity contribution >= 4 is 17.5 Å². The van der Waals surface area contributed by atoms with Crippen molar-refractivity contribution < 1.29 is 4.79 Å². The molecule has 1 unspecified atom stereocenters. The second-order valence-electron chi connectivity index (χ2n) is 7.32. The van der Waals surface area contributed by atoms with Crippen LogP contribution in [0.4, 0.5) is 16.3 Å². The first kappa shape index (κ1) is 19.0. The molecular formula is C22H26N6O. The summed E-state index contributed by atoms with van der Waals surface area (Å²) in [5.41, 5.74) is 3.23. The van der Waals surface area contributed by atoms with Gasteiger partial charge < -0.3 is 9.80 Å². The number of carbonyl (C=O) groups excluding carboxylic acids is 1. The van der Waals surface area contributed by atoms with E-state index < -0.39 is 0 Å². The molecule has 1 atom stereocenters. The normalized spacial score (nSPS) is 16.3. The lowest BCUT2D eigenvalue weighted by atomic mass is 10.1. The average Bonchev–Trinajstić information content (AvgIpc) is 3.11. The van der Waals surface area contributed by atoms with Gasteiger partial charge in [0, 0.05) is 38.1 Å². The van der Waals surface area contributed by atoms with Crippen molar-refractivity contribution in [3.05, 3.63) is 72.2 Å². The van der Waals surface area contributed by atoms with Gasteiger partial charge in [-0.15, -0.1) is 0 Å². The summed E-state index contributed by atoms with van der Waals surface area (Å²) in [6.45, 7) is 4.01. The van der Waals surface area contributed by atoms with Crippen LogP contribution in [0.15, 0.2) is 60.9 Å². The molecule has 1 aliphatic rings. The van der Waals surface area contributed by atoms with Gasteiger partial charge in [-0.1, -0.05) is 31.2 Å². The summed E-state index contributed by atoms with van der Waals surface area (Å²) in [5, 5.41) is 7.41. The Morgan fingerprint density at radius 2 is 1.97 bits per heavy atom. The van der Waals surface area contributed by atoms with Crippen molar-refractivity contribution in [3.63, 3.8) is 0 Å². The molecule has 150 valence electrons. The molecule has 0 fully saturated rings. The fourth-order valence-electron chi connectivity index (χ4n) is 3.82. The number of nitrogens with zero attached hydrogens (tertiary/aromatic N) is 5. The summed E-state index contributed by atoms with van der Waals surface area (Å²) in [5.74, 6) is 0.668. The maximum absolute atomic E-state index is 13.2. The van der Waals surface area contributed by atoms with Crippen LogP contribution in [0.2, 0.25) is 0 Å². The van der Waals surface area contributed by atoms with Crippen LogP contribution in [0.5, 0.6) is 0 Å². The smallest absolute Gasteiger partial charge is 0.323 e. The second-order valence-corrected chi connectivity index (χ2v) is 7.32. The number of hydrogen-bond acceptors (Lipinski definition) is 4. The van der Waals surface area contributed by atoms with Gasteiger partial charge in [-0.3, -0.25) is 10.3 Å². The van der Waals surface area contributed by atoms with E-state index in [9.17, 15) is 4.79 Å². The van der Waals surface area contributed by atoms with Crippen LogP contribution in [-0.4, -0.2) is 45.3 Å². The van der Waals surface area contributed by atoms with Gasteiger partial charge in [0.25, 0.3) is 0 Å². The first-order valence-corrected chi connectivity index (χ1v) is 9.94. The van der Waals surface area contributed by atoms with Crippen molar-refractivity contribution in [1.29, 1.82) is 0 Å². The number of carbonyl (C=O) groups is 1. The molecule has 29 heavy (non-hydrogen) atoms. The number of rotatable bonds is 4. The number of amides is 2. The maximum atomic E-state index is 13.2. The molecule has 0 saturated carbocycles. The number of nitrogens with one attached hydrogen (secondary N) is 1. The van der Waals surface area contributed by atoms with E-state index in [0.29, 0.717) is 18.9 Å². The van der Waals surface area contributed by atoms with Gasteiger partial charge >= 0.3 is 6.03 Å². The van der Waals surface area contributed by atoms with Crippen molar-refractivity contribution in [2.75, 3.05) is 23.8 Å². The van der Waals surface area contributed by atoms with E-state index in [-0.39, 0.29) is 12.1 Å². The van der Waals surface area contributed by atoms with E-state index in [1.165, 1.54) is 5.69 Å². The third-order valence-corrected chi connectivity index (χ3v) is 5.39. The number of likely N-dealkylation sites (N-methyl/N-ethyl adjacent to an activating group) is 1. The van der Waals surface area contributed by atoms with E-state index in [2.05, 4.69) is 46.4 Å². The Hall–Kier alpha value is -3.35. The van der Waals surface area contributed by atoms with Gasteiger partial charge in [0.1, 0.15) is 5.82 Å². The number of para-hydroxylation sites is 1. The van der Waals surface area contributed by atoms with Gasteiger partial charge in [-0.25, -0.2) is 9.48 Å². The Bertz CT molecular complexity index is 970. The summed E-state index contributed by atoms with van der Waals surface area (Å²) in [6.07, 6.45) is 4.34. The molecule has 4 rings (SSSR count). The highest BCUT2D eigenvalue weighted by Crippen LogP contribution is 2.27. The molecule has 0 radical (unpaired) electrons. The van der Waals surface area contributed by atoms with Gasteiger partial charge in [0.2, 0.25) is 0 Å². The van der Waals surface area contributed by atoms with Crippen molar-refractivity contribution in [2.24, 2.45) is 0 Å². The minimum absolute atomic E-state index is 0.107. The summed E-state index contributed by atoms with van der Waals surface area (Å²) in [6, 6.07) is 15.9. The Morgan fingerprint density at radius 3 is 2.76 bits per heavy atom. The van der Waals surface area contributed by atoms with E-state index >= 15 is 0 Å². The molecular weight excluding hydrogens is 364 g/mol. The zero-order chi connectivity index (χ0) is 20.2. The Balaban J connectivity index is 1.54. The largest absolute Gasteiger partial charge is 0.372 e. The quantitative estimate of drug-likeness (QED) is 0.739. The lowest BCUT2D eigenvalue weighted by Gasteiger charge is -2.30. The number of fused-ring (bicyclic) bond motifs is 1. The number of anilines is 2. The number of urea groups is 1. The molecule has 7 heteroatoms. The van der Waals surface area contributed by atoms with Gasteiger partial charge in [0.15, 0.2) is 0 Å². The van der Waals surface area contributed by atoms with Crippen LogP contribution in [0.3, 0.4) is 0 Å². The first-order valence-electron chi connectivity index (χ1n) is 9.94. The molecule has 2 amide bonds. The Morgan fingerprint density at radius 1 is 1.14 bits per heavy atom. The van der Waals surface area contributed by atoms with Gasteiger partial charge in [-0.05, 0) is 30.2 Å². The molecule has 1 aliphatic heterocycles. The summed E-state index contributed by atoms with van der Waals surface area (Å²) >= 11 is 0. The van der Waals surface area contributed by atoms with Crippen LogP contribution in [0, 0.1) is 0 Å². The fourth-order valence-corrected chi connectivity index (χ4v) is 3.82. The lowest BCUT2D eigenvalue weighted by Crippen LogP contribution is -2.45. The predicted molar refractivity (Wildman–Crippen MR) is 114 cm³/mol. The number of aromatic nitrogens is 3. The zero-order valence-electron chi connectivity index (χ0n) is 16.8. The molecule has 1 aromatic carbocycles. The maximum Gasteiger partial charge on any atom is 0.323 e. The van der Waals surface area contributed by atoms with E-state index in [1.807, 2.05) is 41.3 Å². The Kier molecular flexibility index (Phi) is 5.46. The topological polar surface area (TPSA) is 66.3 Å². The van der Waals surface area contributed by atoms with Crippen LogP contribution in [0.1, 0.15) is 24.6 Å². The average molecular weight is 390 g/mol. The van der Waals surface area contributed by atoms with Gasteiger partial charge in [0.05, 0.1) is 24.5 Å². The second kappa shape index (κ2) is 8.34. The zero-order valence-corrected chi connectivity index (χ0v) is 16.8. The highest BCUT2D eigenvalue weighted by molar-refractivity contribution is 5.89. The van der Waals surface area contributed by atoms with E-state index in [4.69, 9.17) is 0 Å². The monoisotopic (exact) mass is 390 g/mol. The molecule has 3 heterocycles. The van der Waals surface area contributed by atoms with Crippen LogP contribution < -0.4 is 10.2 Å². The third-order valence-electron chi connectivity index (χ3n) is 5.39.